The number of carbonyl (C=O) groups is 2. The van der Waals surface area contributed by atoms with E-state index in [1.165, 1.54) is 15.6 Å². The largest absolute Gasteiger partial charge is 0.481 e. The summed E-state index contributed by atoms with van der Waals surface area (Å²) >= 11 is 1.72. The van der Waals surface area contributed by atoms with Crippen LogP contribution in [-0.4, -0.2) is 23.0 Å². The van der Waals surface area contributed by atoms with Gasteiger partial charge < -0.3 is 10.4 Å². The molecule has 2 aromatic rings. The van der Waals surface area contributed by atoms with Crippen LogP contribution < -0.4 is 5.32 Å². The maximum atomic E-state index is 11.7. The molecule has 0 aliphatic heterocycles. The molecule has 1 amide bonds. The van der Waals surface area contributed by atoms with E-state index in [9.17, 15) is 9.59 Å². The predicted octanol–water partition coefficient (Wildman–Crippen LogP) is 3.20. The zero-order valence-electron chi connectivity index (χ0n) is 12.0. The van der Waals surface area contributed by atoms with Gasteiger partial charge in [-0.05, 0) is 42.2 Å². The molecule has 0 bridgehead atoms. The minimum atomic E-state index is -0.896. The molecule has 0 saturated heterocycles. The van der Waals surface area contributed by atoms with E-state index in [2.05, 4.69) is 22.8 Å². The molecule has 21 heavy (non-hydrogen) atoms. The third kappa shape index (κ3) is 4.56. The number of hydrogen-bond donors (Lipinski definition) is 2. The van der Waals surface area contributed by atoms with E-state index < -0.39 is 5.97 Å². The van der Waals surface area contributed by atoms with Crippen molar-refractivity contribution < 1.29 is 14.7 Å². The SMILES string of the molecule is CC(CC(=O)O)NC(=O)CCCc1csc2ccccc12. The van der Waals surface area contributed by atoms with E-state index in [0.29, 0.717) is 6.42 Å². The fourth-order valence-electron chi connectivity index (χ4n) is 2.33. The molecule has 0 spiro atoms. The van der Waals surface area contributed by atoms with Crippen LogP contribution in [-0.2, 0) is 16.0 Å². The van der Waals surface area contributed by atoms with Gasteiger partial charge in [0, 0.05) is 17.2 Å². The fraction of sp³-hybridized carbons (Fsp3) is 0.375. The molecule has 112 valence electrons. The van der Waals surface area contributed by atoms with Crippen LogP contribution in [0.2, 0.25) is 0 Å². The second-order valence-electron chi connectivity index (χ2n) is 5.18. The Balaban J connectivity index is 1.79. The Morgan fingerprint density at radius 2 is 2.10 bits per heavy atom. The van der Waals surface area contributed by atoms with Crippen LogP contribution in [0.4, 0.5) is 0 Å². The molecule has 0 saturated carbocycles. The standard InChI is InChI=1S/C16H19NO3S/c1-11(9-16(19)20)17-15(18)8-4-5-12-10-21-14-7-3-2-6-13(12)14/h2-3,6-7,10-11H,4-5,8-9H2,1H3,(H,17,18)(H,19,20). The van der Waals surface area contributed by atoms with Crippen LogP contribution in [0.25, 0.3) is 10.1 Å². The maximum absolute atomic E-state index is 11.7. The number of hydrogen-bond acceptors (Lipinski definition) is 3. The quantitative estimate of drug-likeness (QED) is 0.825. The molecule has 0 fully saturated rings. The zero-order chi connectivity index (χ0) is 15.2. The number of amides is 1. The number of fused-ring (bicyclic) bond motifs is 1. The van der Waals surface area contributed by atoms with Crippen LogP contribution in [0.1, 0.15) is 31.7 Å². The van der Waals surface area contributed by atoms with Crippen molar-refractivity contribution in [2.45, 2.75) is 38.6 Å². The van der Waals surface area contributed by atoms with Gasteiger partial charge in [-0.2, -0.15) is 0 Å². The molecule has 2 N–H and O–H groups in total. The molecule has 1 unspecified atom stereocenters. The fourth-order valence-corrected chi connectivity index (χ4v) is 3.32. The van der Waals surface area contributed by atoms with Gasteiger partial charge in [-0.25, -0.2) is 0 Å². The lowest BCUT2D eigenvalue weighted by atomic mass is 10.1. The first kappa shape index (κ1) is 15.5. The summed E-state index contributed by atoms with van der Waals surface area (Å²) in [6, 6.07) is 7.94. The first-order valence-electron chi connectivity index (χ1n) is 7.02. The lowest BCUT2D eigenvalue weighted by Crippen LogP contribution is -2.34. The highest BCUT2D eigenvalue weighted by Crippen LogP contribution is 2.26. The van der Waals surface area contributed by atoms with Crippen molar-refractivity contribution in [1.29, 1.82) is 0 Å². The van der Waals surface area contributed by atoms with Crippen molar-refractivity contribution >= 4 is 33.3 Å². The van der Waals surface area contributed by atoms with Gasteiger partial charge in [0.25, 0.3) is 0 Å². The molecule has 1 heterocycles. The van der Waals surface area contributed by atoms with E-state index in [-0.39, 0.29) is 18.4 Å². The topological polar surface area (TPSA) is 66.4 Å². The summed E-state index contributed by atoms with van der Waals surface area (Å²) in [6.45, 7) is 1.71. The Labute approximate surface area is 127 Å². The maximum Gasteiger partial charge on any atom is 0.305 e. The number of carbonyl (C=O) groups excluding carboxylic acids is 1. The average molecular weight is 305 g/mol. The third-order valence-electron chi connectivity index (χ3n) is 3.30. The molecule has 1 aromatic heterocycles. The van der Waals surface area contributed by atoms with Gasteiger partial charge >= 0.3 is 5.97 Å². The van der Waals surface area contributed by atoms with Crippen molar-refractivity contribution in [2.24, 2.45) is 0 Å². The number of aliphatic carboxylic acids is 1. The number of thiophene rings is 1. The van der Waals surface area contributed by atoms with Gasteiger partial charge in [0.2, 0.25) is 5.91 Å². The number of rotatable bonds is 7. The molecule has 1 aromatic carbocycles. The summed E-state index contributed by atoms with van der Waals surface area (Å²) in [7, 11) is 0. The average Bonchev–Trinajstić information content (AvgIpc) is 2.81. The van der Waals surface area contributed by atoms with E-state index in [0.717, 1.165) is 12.8 Å². The van der Waals surface area contributed by atoms with Gasteiger partial charge in [-0.3, -0.25) is 9.59 Å². The van der Waals surface area contributed by atoms with E-state index in [1.54, 1.807) is 18.3 Å². The Kier molecular flexibility index (Phi) is 5.33. The highest BCUT2D eigenvalue weighted by molar-refractivity contribution is 7.17. The smallest absolute Gasteiger partial charge is 0.305 e. The Bertz CT molecular complexity index is 635. The van der Waals surface area contributed by atoms with Crippen LogP contribution in [0.15, 0.2) is 29.6 Å². The number of aryl methyl sites for hydroxylation is 1. The lowest BCUT2D eigenvalue weighted by Gasteiger charge is -2.11. The summed E-state index contributed by atoms with van der Waals surface area (Å²) in [4.78, 5) is 22.3. The first-order valence-corrected chi connectivity index (χ1v) is 7.90. The van der Waals surface area contributed by atoms with Crippen molar-refractivity contribution in [3.63, 3.8) is 0 Å². The summed E-state index contributed by atoms with van der Waals surface area (Å²) in [6.07, 6.45) is 2.02. The van der Waals surface area contributed by atoms with Crippen molar-refractivity contribution in [3.8, 4) is 0 Å². The zero-order valence-corrected chi connectivity index (χ0v) is 12.8. The highest BCUT2D eigenvalue weighted by Gasteiger charge is 2.11. The molecular formula is C16H19NO3S. The lowest BCUT2D eigenvalue weighted by molar-refractivity contribution is -0.137. The summed E-state index contributed by atoms with van der Waals surface area (Å²) in [5, 5.41) is 14.8. The predicted molar refractivity (Wildman–Crippen MR) is 84.6 cm³/mol. The van der Waals surface area contributed by atoms with Gasteiger partial charge in [0.1, 0.15) is 0 Å². The van der Waals surface area contributed by atoms with Gasteiger partial charge in [-0.15, -0.1) is 11.3 Å². The number of nitrogens with one attached hydrogen (secondary N) is 1. The minimum absolute atomic E-state index is 0.0408. The second kappa shape index (κ2) is 7.22. The first-order chi connectivity index (χ1) is 10.1. The van der Waals surface area contributed by atoms with Gasteiger partial charge in [-0.1, -0.05) is 18.2 Å². The molecule has 1 atom stereocenters. The Hall–Kier alpha value is -1.88. The van der Waals surface area contributed by atoms with Crippen LogP contribution in [0, 0.1) is 0 Å². The number of carboxylic acids is 1. The highest BCUT2D eigenvalue weighted by atomic mass is 32.1. The van der Waals surface area contributed by atoms with E-state index in [4.69, 9.17) is 5.11 Å². The second-order valence-corrected chi connectivity index (χ2v) is 6.09. The van der Waals surface area contributed by atoms with Crippen LogP contribution in [0.5, 0.6) is 0 Å². The normalized spacial score (nSPS) is 12.2. The van der Waals surface area contributed by atoms with Crippen molar-refractivity contribution in [2.75, 3.05) is 0 Å². The monoisotopic (exact) mass is 305 g/mol. The Morgan fingerprint density at radius 3 is 2.86 bits per heavy atom. The van der Waals surface area contributed by atoms with E-state index >= 15 is 0 Å². The van der Waals surface area contributed by atoms with Gasteiger partial charge in [0.15, 0.2) is 0 Å². The van der Waals surface area contributed by atoms with E-state index in [1.807, 2.05) is 12.1 Å². The molecule has 0 radical (unpaired) electrons. The third-order valence-corrected chi connectivity index (χ3v) is 4.31. The molecule has 5 heteroatoms. The van der Waals surface area contributed by atoms with Crippen LogP contribution >= 0.6 is 11.3 Å². The minimum Gasteiger partial charge on any atom is -0.481 e. The number of carboxylic acid groups (broad SMARTS) is 1. The summed E-state index contributed by atoms with van der Waals surface area (Å²) in [5.74, 6) is -0.976. The van der Waals surface area contributed by atoms with Gasteiger partial charge in [0.05, 0.1) is 6.42 Å². The summed E-state index contributed by atoms with van der Waals surface area (Å²) < 4.78 is 1.27. The molecular weight excluding hydrogens is 286 g/mol. The molecule has 0 aliphatic carbocycles. The van der Waals surface area contributed by atoms with Crippen molar-refractivity contribution in [1.82, 2.24) is 5.32 Å². The summed E-state index contributed by atoms with van der Waals surface area (Å²) in [5.41, 5.74) is 1.28. The molecule has 0 aliphatic rings. The number of benzene rings is 1. The molecule has 4 nitrogen and oxygen atoms in total. The molecule has 2 rings (SSSR count). The Morgan fingerprint density at radius 1 is 1.33 bits per heavy atom. The van der Waals surface area contributed by atoms with Crippen LogP contribution in [0.3, 0.4) is 0 Å². The van der Waals surface area contributed by atoms with Crippen molar-refractivity contribution in [3.05, 3.63) is 35.2 Å².